The number of hydrogen-bond donors (Lipinski definition) is 0. The molecule has 0 spiro atoms. The van der Waals surface area contributed by atoms with Gasteiger partial charge in [0, 0.05) is 12.7 Å². The van der Waals surface area contributed by atoms with Gasteiger partial charge >= 0.3 is 0 Å². The lowest BCUT2D eigenvalue weighted by molar-refractivity contribution is 0.417. The summed E-state index contributed by atoms with van der Waals surface area (Å²) >= 11 is 0. The predicted octanol–water partition coefficient (Wildman–Crippen LogP) is 1.90. The molecular formula is C13H19N3O2S. The van der Waals surface area contributed by atoms with Crippen molar-refractivity contribution in [1.82, 2.24) is 13.7 Å². The molecular weight excluding hydrogens is 262 g/mol. The number of hydrogen-bond acceptors (Lipinski definition) is 3. The Bertz CT molecular complexity index is 649. The first-order valence-electron chi connectivity index (χ1n) is 6.47. The Morgan fingerprint density at radius 2 is 2.11 bits per heavy atom. The molecule has 0 aliphatic carbocycles. The number of imidazole rings is 1. The van der Waals surface area contributed by atoms with Gasteiger partial charge < -0.3 is 4.40 Å². The van der Waals surface area contributed by atoms with Crippen LogP contribution in [0.2, 0.25) is 0 Å². The van der Waals surface area contributed by atoms with Gasteiger partial charge in [-0.15, -0.1) is 0 Å². The van der Waals surface area contributed by atoms with E-state index in [4.69, 9.17) is 0 Å². The summed E-state index contributed by atoms with van der Waals surface area (Å²) in [7, 11) is -3.18. The van der Waals surface area contributed by atoms with Gasteiger partial charge in [0.2, 0.25) is 10.0 Å². The second-order valence-electron chi connectivity index (χ2n) is 4.42. The molecule has 6 heteroatoms. The Hall–Kier alpha value is -1.40. The van der Waals surface area contributed by atoms with E-state index < -0.39 is 10.0 Å². The molecule has 104 valence electrons. The summed E-state index contributed by atoms with van der Waals surface area (Å²) in [5.74, 6) is 0.192. The van der Waals surface area contributed by atoms with Crippen LogP contribution in [0.3, 0.4) is 0 Å². The van der Waals surface area contributed by atoms with Gasteiger partial charge in [-0.3, -0.25) is 0 Å². The zero-order chi connectivity index (χ0) is 13.9. The molecule has 0 radical (unpaired) electrons. The normalized spacial score (nSPS) is 12.4. The van der Waals surface area contributed by atoms with Crippen LogP contribution in [0.1, 0.15) is 26.0 Å². The summed E-state index contributed by atoms with van der Waals surface area (Å²) in [5, 5.41) is 0. The van der Waals surface area contributed by atoms with Crippen molar-refractivity contribution in [2.75, 3.05) is 12.3 Å². The number of fused-ring (bicyclic) bond motifs is 1. The summed E-state index contributed by atoms with van der Waals surface area (Å²) < 4.78 is 27.7. The van der Waals surface area contributed by atoms with Gasteiger partial charge in [0.05, 0.1) is 24.2 Å². The SMILES string of the molecule is CCCS(=O)(=O)N(CC)Cc1cnc2ccccn12. The fourth-order valence-electron chi connectivity index (χ4n) is 2.08. The summed E-state index contributed by atoms with van der Waals surface area (Å²) in [6.07, 6.45) is 4.27. The highest BCUT2D eigenvalue weighted by atomic mass is 32.2. The van der Waals surface area contributed by atoms with Crippen LogP contribution in [0, 0.1) is 0 Å². The molecule has 5 nitrogen and oxygen atoms in total. The first-order chi connectivity index (χ1) is 9.08. The van der Waals surface area contributed by atoms with E-state index in [2.05, 4.69) is 4.98 Å². The quantitative estimate of drug-likeness (QED) is 0.812. The van der Waals surface area contributed by atoms with Crippen LogP contribution in [0.25, 0.3) is 5.65 Å². The first-order valence-corrected chi connectivity index (χ1v) is 8.08. The topological polar surface area (TPSA) is 54.7 Å². The number of pyridine rings is 1. The van der Waals surface area contributed by atoms with Gasteiger partial charge in [-0.05, 0) is 18.6 Å². The summed E-state index contributed by atoms with van der Waals surface area (Å²) in [5.41, 5.74) is 1.72. The molecule has 2 aromatic rings. The fraction of sp³-hybridized carbons (Fsp3) is 0.462. The van der Waals surface area contributed by atoms with Crippen molar-refractivity contribution < 1.29 is 8.42 Å². The highest BCUT2D eigenvalue weighted by Crippen LogP contribution is 2.12. The predicted molar refractivity (Wildman–Crippen MR) is 75.4 cm³/mol. The lowest BCUT2D eigenvalue weighted by Gasteiger charge is -2.19. The summed E-state index contributed by atoms with van der Waals surface area (Å²) in [6.45, 7) is 4.57. The van der Waals surface area contributed by atoms with Crippen molar-refractivity contribution in [2.24, 2.45) is 0 Å². The van der Waals surface area contributed by atoms with Crippen LogP contribution in [0.4, 0.5) is 0 Å². The minimum Gasteiger partial charge on any atom is -0.303 e. The van der Waals surface area contributed by atoms with Crippen molar-refractivity contribution in [3.05, 3.63) is 36.3 Å². The zero-order valence-electron chi connectivity index (χ0n) is 11.3. The third-order valence-corrected chi connectivity index (χ3v) is 5.14. The van der Waals surface area contributed by atoms with E-state index in [1.807, 2.05) is 42.6 Å². The number of sulfonamides is 1. The minimum absolute atomic E-state index is 0.192. The Morgan fingerprint density at radius 1 is 1.32 bits per heavy atom. The second kappa shape index (κ2) is 5.71. The van der Waals surface area contributed by atoms with Crippen LogP contribution >= 0.6 is 0 Å². The van der Waals surface area contributed by atoms with E-state index in [9.17, 15) is 8.42 Å². The van der Waals surface area contributed by atoms with E-state index in [0.29, 0.717) is 19.5 Å². The number of aromatic nitrogens is 2. The molecule has 0 fully saturated rings. The molecule has 0 aliphatic rings. The molecule has 0 unspecified atom stereocenters. The minimum atomic E-state index is -3.18. The molecule has 0 bridgehead atoms. The van der Waals surface area contributed by atoms with Gasteiger partial charge in [0.25, 0.3) is 0 Å². The fourth-order valence-corrected chi connectivity index (χ4v) is 3.57. The van der Waals surface area contributed by atoms with Crippen molar-refractivity contribution in [2.45, 2.75) is 26.8 Å². The Labute approximate surface area is 113 Å². The molecule has 0 atom stereocenters. The third kappa shape index (κ3) is 2.96. The van der Waals surface area contributed by atoms with Crippen LogP contribution < -0.4 is 0 Å². The third-order valence-electron chi connectivity index (χ3n) is 3.04. The molecule has 0 amide bonds. The van der Waals surface area contributed by atoms with E-state index in [1.54, 1.807) is 6.20 Å². The maximum atomic E-state index is 12.1. The smallest absolute Gasteiger partial charge is 0.214 e. The molecule has 19 heavy (non-hydrogen) atoms. The molecule has 2 heterocycles. The van der Waals surface area contributed by atoms with Gasteiger partial charge in [0.1, 0.15) is 5.65 Å². The zero-order valence-corrected chi connectivity index (χ0v) is 12.1. The van der Waals surface area contributed by atoms with Gasteiger partial charge in [-0.25, -0.2) is 13.4 Å². The van der Waals surface area contributed by atoms with Crippen LogP contribution in [0.5, 0.6) is 0 Å². The molecule has 2 aromatic heterocycles. The molecule has 0 aromatic carbocycles. The largest absolute Gasteiger partial charge is 0.303 e. The molecule has 0 saturated heterocycles. The highest BCUT2D eigenvalue weighted by Gasteiger charge is 2.20. The molecule has 0 N–H and O–H groups in total. The van der Waals surface area contributed by atoms with E-state index in [-0.39, 0.29) is 5.75 Å². The van der Waals surface area contributed by atoms with Gasteiger partial charge in [-0.1, -0.05) is 19.9 Å². The maximum Gasteiger partial charge on any atom is 0.214 e. The Morgan fingerprint density at radius 3 is 2.79 bits per heavy atom. The Balaban J connectivity index is 2.28. The lowest BCUT2D eigenvalue weighted by Crippen LogP contribution is -2.32. The first kappa shape index (κ1) is 14.0. The number of nitrogens with zero attached hydrogens (tertiary/aromatic N) is 3. The molecule has 0 aliphatic heterocycles. The molecule has 0 saturated carbocycles. The summed E-state index contributed by atoms with van der Waals surface area (Å²) in [6, 6.07) is 5.73. The standard InChI is InChI=1S/C13H19N3O2S/c1-3-9-19(17,18)15(4-2)11-12-10-14-13-7-5-6-8-16(12)13/h5-8,10H,3-4,9,11H2,1-2H3. The average Bonchev–Trinajstić information content (AvgIpc) is 2.79. The Kier molecular flexibility index (Phi) is 4.21. The lowest BCUT2D eigenvalue weighted by atomic mass is 10.4. The van der Waals surface area contributed by atoms with Crippen LogP contribution in [0.15, 0.2) is 30.6 Å². The molecule has 2 rings (SSSR count). The van der Waals surface area contributed by atoms with Gasteiger partial charge in [-0.2, -0.15) is 4.31 Å². The van der Waals surface area contributed by atoms with Gasteiger partial charge in [0.15, 0.2) is 0 Å². The summed E-state index contributed by atoms with van der Waals surface area (Å²) in [4.78, 5) is 4.28. The highest BCUT2D eigenvalue weighted by molar-refractivity contribution is 7.89. The van der Waals surface area contributed by atoms with E-state index in [1.165, 1.54) is 4.31 Å². The van der Waals surface area contributed by atoms with Crippen LogP contribution in [-0.4, -0.2) is 34.4 Å². The van der Waals surface area contributed by atoms with E-state index >= 15 is 0 Å². The van der Waals surface area contributed by atoms with Crippen molar-refractivity contribution in [3.8, 4) is 0 Å². The van der Waals surface area contributed by atoms with E-state index in [0.717, 1.165) is 11.3 Å². The monoisotopic (exact) mass is 281 g/mol. The maximum absolute atomic E-state index is 12.1. The number of rotatable bonds is 6. The van der Waals surface area contributed by atoms with Crippen molar-refractivity contribution in [3.63, 3.8) is 0 Å². The second-order valence-corrected chi connectivity index (χ2v) is 6.51. The average molecular weight is 281 g/mol. The van der Waals surface area contributed by atoms with Crippen LogP contribution in [-0.2, 0) is 16.6 Å². The van der Waals surface area contributed by atoms with Crippen molar-refractivity contribution >= 4 is 15.7 Å². The van der Waals surface area contributed by atoms with Crippen molar-refractivity contribution in [1.29, 1.82) is 0 Å².